The van der Waals surface area contributed by atoms with Gasteiger partial charge in [0.05, 0.1) is 17.6 Å². The lowest BCUT2D eigenvalue weighted by atomic mass is 10.2. The van der Waals surface area contributed by atoms with Crippen LogP contribution in [0, 0.1) is 6.92 Å². The molecule has 0 aliphatic rings. The van der Waals surface area contributed by atoms with Crippen molar-refractivity contribution in [1.82, 2.24) is 29.5 Å². The average Bonchev–Trinajstić information content (AvgIpc) is 3.10. The van der Waals surface area contributed by atoms with Crippen molar-refractivity contribution in [2.24, 2.45) is 0 Å². The lowest BCUT2D eigenvalue weighted by molar-refractivity contribution is 0.877. The Morgan fingerprint density at radius 1 is 1.17 bits per heavy atom. The van der Waals surface area contributed by atoms with E-state index in [0.717, 1.165) is 33.6 Å². The summed E-state index contributed by atoms with van der Waals surface area (Å²) in [6.45, 7) is 6.10. The number of nitrogens with one attached hydrogen (secondary N) is 2. The van der Waals surface area contributed by atoms with E-state index in [2.05, 4.69) is 44.2 Å². The molecule has 7 heteroatoms. The lowest BCUT2D eigenvalue weighted by Crippen LogP contribution is -2.12. The molecule has 0 aliphatic carbocycles. The van der Waals surface area contributed by atoms with Crippen LogP contribution in [0.4, 0.5) is 5.95 Å². The van der Waals surface area contributed by atoms with Crippen LogP contribution >= 0.6 is 0 Å². The molecule has 23 heavy (non-hydrogen) atoms. The highest BCUT2D eigenvalue weighted by Crippen LogP contribution is 2.26. The second-order valence-corrected chi connectivity index (χ2v) is 5.85. The smallest absolute Gasteiger partial charge is 0.224 e. The molecule has 4 aromatic heterocycles. The number of nitrogens with zero attached hydrogens (tertiary/aromatic N) is 5. The average molecular weight is 307 g/mol. The summed E-state index contributed by atoms with van der Waals surface area (Å²) in [5, 5.41) is 8.81. The van der Waals surface area contributed by atoms with Crippen molar-refractivity contribution in [3.63, 3.8) is 0 Å². The Hall–Kier alpha value is -2.96. The molecule has 4 rings (SSSR count). The van der Waals surface area contributed by atoms with Crippen molar-refractivity contribution in [2.45, 2.75) is 26.8 Å². The molecule has 0 bridgehead atoms. The topological polar surface area (TPSA) is 83.8 Å². The van der Waals surface area contributed by atoms with Crippen LogP contribution in [-0.4, -0.2) is 35.6 Å². The summed E-state index contributed by atoms with van der Waals surface area (Å²) < 4.78 is 1.84. The van der Waals surface area contributed by atoms with Crippen molar-refractivity contribution < 1.29 is 0 Å². The normalized spacial score (nSPS) is 11.7. The fraction of sp³-hybridized carbons (Fsp3) is 0.250. The zero-order chi connectivity index (χ0) is 16.0. The molecule has 0 aliphatic heterocycles. The summed E-state index contributed by atoms with van der Waals surface area (Å²) in [6.07, 6.45) is 5.55. The van der Waals surface area contributed by atoms with Gasteiger partial charge in [0.25, 0.3) is 0 Å². The second kappa shape index (κ2) is 5.05. The predicted octanol–water partition coefficient (Wildman–Crippen LogP) is 2.80. The molecule has 0 amide bonds. The zero-order valence-corrected chi connectivity index (χ0v) is 13.2. The monoisotopic (exact) mass is 307 g/mol. The van der Waals surface area contributed by atoms with Gasteiger partial charge in [-0.15, -0.1) is 0 Å². The summed E-state index contributed by atoms with van der Waals surface area (Å²) in [5.41, 5.74) is 4.47. The first-order valence-corrected chi connectivity index (χ1v) is 7.54. The Balaban J connectivity index is 1.82. The highest BCUT2D eigenvalue weighted by molar-refractivity contribution is 5.92. The molecule has 0 atom stereocenters. The number of aromatic amines is 1. The SMILES string of the molecule is Cc1cnc2ccc(-c3c[nH]c4nc(NC(C)C)ncc34)nn12. The second-order valence-electron chi connectivity index (χ2n) is 5.85. The van der Waals surface area contributed by atoms with E-state index in [1.807, 2.05) is 42.2 Å². The van der Waals surface area contributed by atoms with Gasteiger partial charge in [0.2, 0.25) is 5.95 Å². The van der Waals surface area contributed by atoms with Crippen molar-refractivity contribution in [1.29, 1.82) is 0 Å². The summed E-state index contributed by atoms with van der Waals surface area (Å²) in [5.74, 6) is 0.620. The molecule has 0 radical (unpaired) electrons. The minimum absolute atomic E-state index is 0.287. The van der Waals surface area contributed by atoms with E-state index in [1.165, 1.54) is 0 Å². The third-order valence-corrected chi connectivity index (χ3v) is 3.66. The molecular weight excluding hydrogens is 290 g/mol. The maximum atomic E-state index is 4.66. The molecule has 2 N–H and O–H groups in total. The number of hydrogen-bond donors (Lipinski definition) is 2. The van der Waals surface area contributed by atoms with Gasteiger partial charge >= 0.3 is 0 Å². The largest absolute Gasteiger partial charge is 0.352 e. The molecular formula is C16H17N7. The van der Waals surface area contributed by atoms with Crippen LogP contribution in [-0.2, 0) is 0 Å². The number of rotatable bonds is 3. The number of aryl methyl sites for hydroxylation is 1. The van der Waals surface area contributed by atoms with Crippen LogP contribution in [0.2, 0.25) is 0 Å². The van der Waals surface area contributed by atoms with E-state index in [4.69, 9.17) is 0 Å². The van der Waals surface area contributed by atoms with E-state index < -0.39 is 0 Å². The van der Waals surface area contributed by atoms with Gasteiger partial charge in [0.15, 0.2) is 5.65 Å². The molecule has 4 aromatic rings. The highest BCUT2D eigenvalue weighted by atomic mass is 15.3. The Kier molecular flexibility index (Phi) is 3.00. The van der Waals surface area contributed by atoms with Gasteiger partial charge < -0.3 is 10.3 Å². The summed E-state index contributed by atoms with van der Waals surface area (Å²) in [7, 11) is 0. The maximum Gasteiger partial charge on any atom is 0.224 e. The molecule has 0 aromatic carbocycles. The minimum Gasteiger partial charge on any atom is -0.352 e. The van der Waals surface area contributed by atoms with Crippen LogP contribution < -0.4 is 5.32 Å². The minimum atomic E-state index is 0.287. The van der Waals surface area contributed by atoms with Gasteiger partial charge in [-0.05, 0) is 32.9 Å². The first-order valence-electron chi connectivity index (χ1n) is 7.54. The lowest BCUT2D eigenvalue weighted by Gasteiger charge is -2.07. The van der Waals surface area contributed by atoms with Gasteiger partial charge in [0.1, 0.15) is 5.65 Å². The van der Waals surface area contributed by atoms with Gasteiger partial charge in [-0.3, -0.25) is 0 Å². The number of imidazole rings is 1. The number of hydrogen-bond acceptors (Lipinski definition) is 5. The van der Waals surface area contributed by atoms with Crippen molar-refractivity contribution in [3.8, 4) is 11.3 Å². The van der Waals surface area contributed by atoms with E-state index in [-0.39, 0.29) is 6.04 Å². The Morgan fingerprint density at radius 2 is 2.04 bits per heavy atom. The number of aromatic nitrogens is 6. The molecule has 0 spiro atoms. The van der Waals surface area contributed by atoms with E-state index in [1.54, 1.807) is 0 Å². The summed E-state index contributed by atoms with van der Waals surface area (Å²) in [6, 6.07) is 4.21. The predicted molar refractivity (Wildman–Crippen MR) is 89.4 cm³/mol. The molecule has 4 heterocycles. The molecule has 0 saturated heterocycles. The van der Waals surface area contributed by atoms with Gasteiger partial charge in [-0.25, -0.2) is 14.5 Å². The maximum absolute atomic E-state index is 4.66. The molecule has 0 saturated carbocycles. The van der Waals surface area contributed by atoms with Crippen LogP contribution in [0.25, 0.3) is 27.9 Å². The first kappa shape index (κ1) is 13.7. The fourth-order valence-electron chi connectivity index (χ4n) is 2.58. The van der Waals surface area contributed by atoms with Crippen molar-refractivity contribution >= 4 is 22.6 Å². The third-order valence-electron chi connectivity index (χ3n) is 3.66. The third kappa shape index (κ3) is 2.30. The standard InChI is InChI=1S/C16H17N7/c1-9(2)20-16-19-8-12-11(7-18-15(12)21-16)13-4-5-14-17-6-10(3)23(14)22-13/h4-9H,1-3H3,(H2,18,19,20,21). The van der Waals surface area contributed by atoms with E-state index in [0.29, 0.717) is 5.95 Å². The Labute approximate surface area is 132 Å². The quantitative estimate of drug-likeness (QED) is 0.608. The highest BCUT2D eigenvalue weighted by Gasteiger charge is 2.12. The van der Waals surface area contributed by atoms with Crippen LogP contribution in [0.15, 0.2) is 30.7 Å². The fourth-order valence-corrected chi connectivity index (χ4v) is 2.58. The number of anilines is 1. The van der Waals surface area contributed by atoms with E-state index >= 15 is 0 Å². The van der Waals surface area contributed by atoms with E-state index in [9.17, 15) is 0 Å². The molecule has 0 unspecified atom stereocenters. The molecule has 0 fully saturated rings. The number of fused-ring (bicyclic) bond motifs is 2. The van der Waals surface area contributed by atoms with Gasteiger partial charge in [0, 0.05) is 29.4 Å². The zero-order valence-electron chi connectivity index (χ0n) is 13.2. The van der Waals surface area contributed by atoms with Gasteiger partial charge in [-0.1, -0.05) is 0 Å². The summed E-state index contributed by atoms with van der Waals surface area (Å²) in [4.78, 5) is 16.4. The molecule has 116 valence electrons. The first-order chi connectivity index (χ1) is 11.1. The van der Waals surface area contributed by atoms with Crippen LogP contribution in [0.1, 0.15) is 19.5 Å². The Morgan fingerprint density at radius 3 is 2.87 bits per heavy atom. The van der Waals surface area contributed by atoms with Crippen molar-refractivity contribution in [2.75, 3.05) is 5.32 Å². The number of H-pyrrole nitrogens is 1. The van der Waals surface area contributed by atoms with Gasteiger partial charge in [-0.2, -0.15) is 10.1 Å². The Bertz CT molecular complexity index is 996. The van der Waals surface area contributed by atoms with Crippen LogP contribution in [0.5, 0.6) is 0 Å². The van der Waals surface area contributed by atoms with Crippen molar-refractivity contribution in [3.05, 3.63) is 36.4 Å². The van der Waals surface area contributed by atoms with Crippen LogP contribution in [0.3, 0.4) is 0 Å². The molecule has 7 nitrogen and oxygen atoms in total. The summed E-state index contributed by atoms with van der Waals surface area (Å²) >= 11 is 0.